The highest BCUT2D eigenvalue weighted by Crippen LogP contribution is 2.29. The Hall–Kier alpha value is -1.35. The van der Waals surface area contributed by atoms with Crippen molar-refractivity contribution in [3.63, 3.8) is 0 Å². The minimum atomic E-state index is -0.766. The minimum absolute atomic E-state index is 0.725. The fraction of sp³-hybridized carbons (Fsp3) is 0. The zero-order valence-corrected chi connectivity index (χ0v) is 7.04. The van der Waals surface area contributed by atoms with Crippen LogP contribution >= 0.6 is 10.5 Å². The highest BCUT2D eigenvalue weighted by molar-refractivity contribution is 7.48. The van der Waals surface area contributed by atoms with Crippen molar-refractivity contribution in [1.82, 2.24) is 0 Å². The van der Waals surface area contributed by atoms with Gasteiger partial charge in [0.2, 0.25) is 0 Å². The summed E-state index contributed by atoms with van der Waals surface area (Å²) in [6.07, 6.45) is 0. The Morgan fingerprint density at radius 3 is 2.75 bits per heavy atom. The van der Waals surface area contributed by atoms with E-state index in [-0.39, 0.29) is 0 Å². The van der Waals surface area contributed by atoms with Gasteiger partial charge in [0.25, 0.3) is 0 Å². The maximum absolute atomic E-state index is 10.6. The summed E-state index contributed by atoms with van der Waals surface area (Å²) in [5.41, 5.74) is 2.14. The predicted molar refractivity (Wildman–Crippen MR) is 49.0 cm³/mol. The second kappa shape index (κ2) is 2.60. The van der Waals surface area contributed by atoms with Gasteiger partial charge in [-0.05, 0) is 17.7 Å². The van der Waals surface area contributed by atoms with Crippen LogP contribution in [0.15, 0.2) is 35.0 Å². The lowest BCUT2D eigenvalue weighted by Gasteiger charge is -1.91. The van der Waals surface area contributed by atoms with Crippen LogP contribution in [-0.4, -0.2) is 10.4 Å². The van der Waals surface area contributed by atoms with Gasteiger partial charge in [0.15, 0.2) is 10.8 Å². The summed E-state index contributed by atoms with van der Waals surface area (Å²) in [5, 5.41) is 11.5. The zero-order chi connectivity index (χ0) is 8.55. The fourth-order valence-corrected chi connectivity index (χ4v) is 2.22. The molecule has 0 radical (unpaired) electrons. The standard InChI is InChI=1S/C9H6O2S/c10-9(11)12-5-4-7-2-1-3-8(7)6-12/h1-6H/p+1. The summed E-state index contributed by atoms with van der Waals surface area (Å²) in [6, 6.07) is 7.71. The Kier molecular flexibility index (Phi) is 1.59. The molecule has 0 saturated carbocycles. The first kappa shape index (κ1) is 7.31. The Balaban J connectivity index is 2.62. The van der Waals surface area contributed by atoms with Crippen LogP contribution in [0.25, 0.3) is 11.1 Å². The minimum Gasteiger partial charge on any atom is -0.437 e. The molecule has 0 bridgehead atoms. The molecule has 0 saturated heterocycles. The van der Waals surface area contributed by atoms with Crippen LogP contribution in [0.3, 0.4) is 0 Å². The lowest BCUT2D eigenvalue weighted by Crippen LogP contribution is -1.84. The second-order valence-electron chi connectivity index (χ2n) is 2.49. The average Bonchev–Trinajstić information content (AvgIpc) is 2.49. The van der Waals surface area contributed by atoms with E-state index < -0.39 is 15.8 Å². The molecule has 1 aliphatic carbocycles. The largest absolute Gasteiger partial charge is 0.551 e. The van der Waals surface area contributed by atoms with Crippen LogP contribution in [0.4, 0.5) is 4.79 Å². The number of hydrogen-bond acceptors (Lipinski definition) is 1. The van der Waals surface area contributed by atoms with Crippen LogP contribution in [0.5, 0.6) is 0 Å². The van der Waals surface area contributed by atoms with Crippen molar-refractivity contribution >= 4 is 15.8 Å². The van der Waals surface area contributed by atoms with E-state index in [1.807, 2.05) is 24.3 Å². The van der Waals surface area contributed by atoms with Crippen molar-refractivity contribution in [2.75, 3.05) is 0 Å². The third kappa shape index (κ3) is 1.08. The molecule has 1 aliphatic heterocycles. The summed E-state index contributed by atoms with van der Waals surface area (Å²) in [6.45, 7) is 0. The molecule has 0 fully saturated rings. The average molecular weight is 179 g/mol. The van der Waals surface area contributed by atoms with E-state index in [0.29, 0.717) is 0 Å². The first-order valence-corrected chi connectivity index (χ1v) is 4.86. The summed E-state index contributed by atoms with van der Waals surface area (Å²) in [5.74, 6) is 0. The van der Waals surface area contributed by atoms with Crippen LogP contribution in [0.1, 0.15) is 0 Å². The molecule has 0 aromatic carbocycles. The van der Waals surface area contributed by atoms with Gasteiger partial charge in [0, 0.05) is 5.56 Å². The first-order valence-electron chi connectivity index (χ1n) is 3.51. The van der Waals surface area contributed by atoms with Crippen molar-refractivity contribution < 1.29 is 9.90 Å². The molecule has 1 atom stereocenters. The van der Waals surface area contributed by atoms with Gasteiger partial charge in [-0.3, -0.25) is 0 Å². The molecule has 2 rings (SSSR count). The first-order chi connectivity index (χ1) is 5.77. The number of carboxylic acid groups (broad SMARTS) is 1. The van der Waals surface area contributed by atoms with Crippen molar-refractivity contribution in [3.8, 4) is 11.1 Å². The second-order valence-corrected chi connectivity index (χ2v) is 4.10. The van der Waals surface area contributed by atoms with Crippen LogP contribution in [-0.2, 0) is 0 Å². The van der Waals surface area contributed by atoms with Gasteiger partial charge < -0.3 is 5.11 Å². The van der Waals surface area contributed by atoms with Crippen LogP contribution in [0.2, 0.25) is 0 Å². The molecule has 2 nitrogen and oxygen atoms in total. The number of hydrogen-bond donors (Lipinski definition) is 1. The highest BCUT2D eigenvalue weighted by Gasteiger charge is 2.16. The predicted octanol–water partition coefficient (Wildman–Crippen LogP) is 3.07. The molecule has 0 aromatic heterocycles. The fourth-order valence-electron chi connectivity index (χ4n) is 1.14. The smallest absolute Gasteiger partial charge is 0.437 e. The summed E-state index contributed by atoms with van der Waals surface area (Å²) >= 11 is 0. The summed E-state index contributed by atoms with van der Waals surface area (Å²) < 4.78 is 0. The Bertz CT molecular complexity index is 392. The van der Waals surface area contributed by atoms with Crippen LogP contribution in [0, 0.1) is 0 Å². The van der Waals surface area contributed by atoms with E-state index in [0.717, 1.165) is 11.1 Å². The van der Waals surface area contributed by atoms with E-state index in [4.69, 9.17) is 5.11 Å². The van der Waals surface area contributed by atoms with Gasteiger partial charge in [-0.15, -0.1) is 0 Å². The van der Waals surface area contributed by atoms with E-state index in [1.54, 1.807) is 10.8 Å². The maximum Gasteiger partial charge on any atom is 0.551 e. The van der Waals surface area contributed by atoms with Crippen LogP contribution < -0.4 is 0 Å². The lowest BCUT2D eigenvalue weighted by atomic mass is 10.2. The molecule has 60 valence electrons. The quantitative estimate of drug-likeness (QED) is 0.683. The van der Waals surface area contributed by atoms with Gasteiger partial charge in [-0.2, -0.15) is 4.79 Å². The highest BCUT2D eigenvalue weighted by atomic mass is 32.2. The van der Waals surface area contributed by atoms with Gasteiger partial charge in [0.1, 0.15) is 0 Å². The van der Waals surface area contributed by atoms with Gasteiger partial charge in [0.05, 0.1) is 10.5 Å². The molecule has 1 N–H and O–H groups in total. The van der Waals surface area contributed by atoms with E-state index >= 15 is 0 Å². The van der Waals surface area contributed by atoms with Gasteiger partial charge in [-0.25, -0.2) is 0 Å². The third-order valence-corrected chi connectivity index (χ3v) is 3.08. The molecular weight excluding hydrogens is 172 g/mol. The number of fused-ring (bicyclic) bond motifs is 1. The molecular formula is C9H7O2S+. The molecule has 1 heterocycles. The van der Waals surface area contributed by atoms with E-state index in [9.17, 15) is 4.79 Å². The monoisotopic (exact) mass is 179 g/mol. The van der Waals surface area contributed by atoms with E-state index in [2.05, 4.69) is 0 Å². The lowest BCUT2D eigenvalue weighted by molar-refractivity contribution is 0.221. The summed E-state index contributed by atoms with van der Waals surface area (Å²) in [7, 11) is -0.725. The topological polar surface area (TPSA) is 37.3 Å². The molecule has 12 heavy (non-hydrogen) atoms. The Morgan fingerprint density at radius 1 is 1.25 bits per heavy atom. The number of rotatable bonds is 1. The Morgan fingerprint density at radius 2 is 2.00 bits per heavy atom. The van der Waals surface area contributed by atoms with Crippen molar-refractivity contribution in [1.29, 1.82) is 0 Å². The summed E-state index contributed by atoms with van der Waals surface area (Å²) in [4.78, 5) is 10.6. The van der Waals surface area contributed by atoms with E-state index in [1.165, 1.54) is 0 Å². The molecule has 2 aliphatic rings. The van der Waals surface area contributed by atoms with Crippen molar-refractivity contribution in [2.45, 2.75) is 0 Å². The SMILES string of the molecule is O=C(O)[s+]1ccc2cccc-2c1. The molecule has 1 unspecified atom stereocenters. The van der Waals surface area contributed by atoms with Gasteiger partial charge >= 0.3 is 5.30 Å². The van der Waals surface area contributed by atoms with Crippen molar-refractivity contribution in [2.24, 2.45) is 0 Å². The molecule has 0 spiro atoms. The van der Waals surface area contributed by atoms with Gasteiger partial charge in [-0.1, -0.05) is 12.1 Å². The Labute approximate surface area is 72.4 Å². The third-order valence-electron chi connectivity index (χ3n) is 1.73. The molecule has 3 heteroatoms. The normalized spacial score (nSPS) is 11.8. The molecule has 0 aromatic rings. The zero-order valence-electron chi connectivity index (χ0n) is 6.23. The maximum atomic E-state index is 10.6. The molecule has 0 amide bonds. The van der Waals surface area contributed by atoms with Crippen molar-refractivity contribution in [3.05, 3.63) is 35.0 Å². The number of carbonyl (C=O) groups is 1.